The molecule has 0 bridgehead atoms. The number of rotatable bonds is 7. The zero-order chi connectivity index (χ0) is 22.4. The smallest absolute Gasteiger partial charge is 0.327 e. The standard InChI is InChI=1S/C20H19BrCl2N2O5/c1-10(2)20(28)25-16-4-3-12(8-13(16)21)29-19-14(22)5-11(6-15(19)23)7-17(26)30-18(27)9-24/h3-6,8,10H,7,9,24H2,1-2H3,(H,25,28). The molecule has 0 saturated carbocycles. The number of hydrogen-bond donors (Lipinski definition) is 2. The molecule has 0 aliphatic heterocycles. The van der Waals surface area contributed by atoms with Crippen LogP contribution in [0, 0.1) is 5.92 Å². The second-order valence-electron chi connectivity index (χ2n) is 6.50. The number of ether oxygens (including phenoxy) is 2. The summed E-state index contributed by atoms with van der Waals surface area (Å²) >= 11 is 15.9. The fourth-order valence-electron chi connectivity index (χ4n) is 2.24. The molecule has 0 radical (unpaired) electrons. The minimum Gasteiger partial charge on any atom is -0.454 e. The molecule has 0 atom stereocenters. The Hall–Kier alpha value is -2.13. The van der Waals surface area contributed by atoms with Crippen LogP contribution in [0.1, 0.15) is 19.4 Å². The maximum absolute atomic E-state index is 11.9. The van der Waals surface area contributed by atoms with Crippen LogP contribution in [0.2, 0.25) is 10.0 Å². The highest BCUT2D eigenvalue weighted by molar-refractivity contribution is 9.10. The predicted molar refractivity (Wildman–Crippen MR) is 118 cm³/mol. The van der Waals surface area contributed by atoms with Crippen molar-refractivity contribution in [3.05, 3.63) is 50.4 Å². The normalized spacial score (nSPS) is 10.6. The molecule has 0 saturated heterocycles. The molecule has 1 amide bonds. The molecule has 10 heteroatoms. The highest BCUT2D eigenvalue weighted by atomic mass is 79.9. The fourth-order valence-corrected chi connectivity index (χ4v) is 3.31. The number of halogens is 3. The van der Waals surface area contributed by atoms with Gasteiger partial charge in [0.2, 0.25) is 5.91 Å². The minimum atomic E-state index is -0.823. The van der Waals surface area contributed by atoms with E-state index in [0.29, 0.717) is 21.5 Å². The van der Waals surface area contributed by atoms with E-state index < -0.39 is 18.5 Å². The average molecular weight is 518 g/mol. The molecular formula is C20H19BrCl2N2O5. The molecule has 7 nitrogen and oxygen atoms in total. The minimum absolute atomic E-state index is 0.113. The first kappa shape index (κ1) is 24.1. The molecule has 3 N–H and O–H groups in total. The van der Waals surface area contributed by atoms with Crippen LogP contribution in [0.5, 0.6) is 11.5 Å². The Kier molecular flexibility index (Phi) is 8.66. The van der Waals surface area contributed by atoms with Gasteiger partial charge in [0.15, 0.2) is 5.75 Å². The number of benzene rings is 2. The van der Waals surface area contributed by atoms with Crippen LogP contribution in [-0.2, 0) is 25.5 Å². The van der Waals surface area contributed by atoms with Gasteiger partial charge < -0.3 is 20.5 Å². The first-order valence-electron chi connectivity index (χ1n) is 8.80. The van der Waals surface area contributed by atoms with E-state index in [1.165, 1.54) is 12.1 Å². The van der Waals surface area contributed by atoms with Crippen molar-refractivity contribution < 1.29 is 23.9 Å². The number of carbonyl (C=O) groups excluding carboxylic acids is 3. The van der Waals surface area contributed by atoms with E-state index in [9.17, 15) is 14.4 Å². The van der Waals surface area contributed by atoms with Gasteiger partial charge in [0.1, 0.15) is 5.75 Å². The number of amides is 1. The summed E-state index contributed by atoms with van der Waals surface area (Å²) in [4.78, 5) is 34.7. The lowest BCUT2D eigenvalue weighted by Gasteiger charge is -2.14. The van der Waals surface area contributed by atoms with E-state index in [-0.39, 0.29) is 34.0 Å². The van der Waals surface area contributed by atoms with Crippen LogP contribution in [0.25, 0.3) is 0 Å². The maximum Gasteiger partial charge on any atom is 0.327 e. The third-order valence-corrected chi connectivity index (χ3v) is 4.96. The average Bonchev–Trinajstić information content (AvgIpc) is 2.66. The Morgan fingerprint density at radius 1 is 1.10 bits per heavy atom. The van der Waals surface area contributed by atoms with Crippen molar-refractivity contribution in [2.75, 3.05) is 11.9 Å². The van der Waals surface area contributed by atoms with Gasteiger partial charge in [-0.2, -0.15) is 0 Å². The number of esters is 2. The fraction of sp³-hybridized carbons (Fsp3) is 0.250. The molecule has 2 aromatic carbocycles. The van der Waals surface area contributed by atoms with E-state index in [1.54, 1.807) is 32.0 Å². The summed E-state index contributed by atoms with van der Waals surface area (Å²) < 4.78 is 10.9. The number of anilines is 1. The van der Waals surface area contributed by atoms with Crippen LogP contribution < -0.4 is 15.8 Å². The molecule has 0 heterocycles. The summed E-state index contributed by atoms with van der Waals surface area (Å²) in [6.45, 7) is 3.20. The Labute approximate surface area is 191 Å². The summed E-state index contributed by atoms with van der Waals surface area (Å²) in [6.07, 6.45) is -0.207. The molecule has 0 unspecified atom stereocenters. The molecule has 2 rings (SSSR count). The van der Waals surface area contributed by atoms with Gasteiger partial charge in [-0.3, -0.25) is 14.4 Å². The lowest BCUT2D eigenvalue weighted by Crippen LogP contribution is -2.21. The molecule has 160 valence electrons. The van der Waals surface area contributed by atoms with E-state index in [2.05, 4.69) is 26.0 Å². The molecule has 0 fully saturated rings. The van der Waals surface area contributed by atoms with E-state index in [0.717, 1.165) is 0 Å². The lowest BCUT2D eigenvalue weighted by molar-refractivity contribution is -0.158. The molecule has 30 heavy (non-hydrogen) atoms. The van der Waals surface area contributed by atoms with Crippen molar-refractivity contribution in [3.63, 3.8) is 0 Å². The second kappa shape index (κ2) is 10.8. The van der Waals surface area contributed by atoms with Gasteiger partial charge >= 0.3 is 11.9 Å². The second-order valence-corrected chi connectivity index (χ2v) is 8.17. The van der Waals surface area contributed by atoms with E-state index >= 15 is 0 Å². The summed E-state index contributed by atoms with van der Waals surface area (Å²) in [5, 5.41) is 3.14. The van der Waals surface area contributed by atoms with Crippen molar-refractivity contribution in [3.8, 4) is 11.5 Å². The highest BCUT2D eigenvalue weighted by Gasteiger charge is 2.16. The van der Waals surface area contributed by atoms with Crippen LogP contribution >= 0.6 is 39.1 Å². The van der Waals surface area contributed by atoms with Gasteiger partial charge in [-0.25, -0.2) is 0 Å². The number of carbonyl (C=O) groups is 3. The Morgan fingerprint density at radius 3 is 2.27 bits per heavy atom. The van der Waals surface area contributed by atoms with Crippen molar-refractivity contribution in [1.29, 1.82) is 0 Å². The van der Waals surface area contributed by atoms with Gasteiger partial charge in [0, 0.05) is 10.4 Å². The van der Waals surface area contributed by atoms with Crippen molar-refractivity contribution in [2.45, 2.75) is 20.3 Å². The number of nitrogens with one attached hydrogen (secondary N) is 1. The summed E-state index contributed by atoms with van der Waals surface area (Å²) in [5.41, 5.74) is 6.14. The van der Waals surface area contributed by atoms with E-state index in [1.807, 2.05) is 0 Å². The van der Waals surface area contributed by atoms with Crippen LogP contribution in [0.3, 0.4) is 0 Å². The third kappa shape index (κ3) is 6.70. The largest absolute Gasteiger partial charge is 0.454 e. The lowest BCUT2D eigenvalue weighted by atomic mass is 10.1. The summed E-state index contributed by atoms with van der Waals surface area (Å²) in [7, 11) is 0. The zero-order valence-electron chi connectivity index (χ0n) is 16.1. The molecule has 0 aromatic heterocycles. The summed E-state index contributed by atoms with van der Waals surface area (Å²) in [6, 6.07) is 7.97. The number of nitrogens with two attached hydrogens (primary N) is 1. The molecular weight excluding hydrogens is 499 g/mol. The van der Waals surface area contributed by atoms with Crippen molar-refractivity contribution in [1.82, 2.24) is 0 Å². The zero-order valence-corrected chi connectivity index (χ0v) is 19.2. The van der Waals surface area contributed by atoms with Gasteiger partial charge in [-0.1, -0.05) is 37.0 Å². The van der Waals surface area contributed by atoms with E-state index in [4.69, 9.17) is 33.7 Å². The highest BCUT2D eigenvalue weighted by Crippen LogP contribution is 2.39. The topological polar surface area (TPSA) is 108 Å². The Morgan fingerprint density at radius 2 is 1.73 bits per heavy atom. The third-order valence-electron chi connectivity index (χ3n) is 3.74. The molecule has 0 aliphatic carbocycles. The van der Waals surface area contributed by atoms with Gasteiger partial charge in [-0.15, -0.1) is 0 Å². The monoisotopic (exact) mass is 516 g/mol. The van der Waals surface area contributed by atoms with Crippen LogP contribution in [-0.4, -0.2) is 24.4 Å². The Bertz CT molecular complexity index is 959. The van der Waals surface area contributed by atoms with Gasteiger partial charge in [0.25, 0.3) is 0 Å². The van der Waals surface area contributed by atoms with Crippen molar-refractivity contribution in [2.24, 2.45) is 11.7 Å². The predicted octanol–water partition coefficient (Wildman–Crippen LogP) is 4.71. The SMILES string of the molecule is CC(C)C(=O)Nc1ccc(Oc2c(Cl)cc(CC(=O)OC(=O)CN)cc2Cl)cc1Br. The van der Waals surface area contributed by atoms with Crippen LogP contribution in [0.15, 0.2) is 34.8 Å². The Balaban J connectivity index is 2.15. The molecule has 2 aromatic rings. The quantitative estimate of drug-likeness (QED) is 0.406. The van der Waals surface area contributed by atoms with Gasteiger partial charge in [0.05, 0.1) is 28.7 Å². The first-order valence-corrected chi connectivity index (χ1v) is 10.3. The van der Waals surface area contributed by atoms with Crippen LogP contribution in [0.4, 0.5) is 5.69 Å². The molecule has 0 aliphatic rings. The number of hydrogen-bond acceptors (Lipinski definition) is 6. The first-order chi connectivity index (χ1) is 14.1. The van der Waals surface area contributed by atoms with Crippen molar-refractivity contribution >= 4 is 62.7 Å². The summed E-state index contributed by atoms with van der Waals surface area (Å²) in [5.74, 6) is -1.24. The maximum atomic E-state index is 11.9. The molecule has 0 spiro atoms. The van der Waals surface area contributed by atoms with Gasteiger partial charge in [-0.05, 0) is 51.8 Å².